The first-order chi connectivity index (χ1) is 8.02. The molecule has 0 fully saturated rings. The summed E-state index contributed by atoms with van der Waals surface area (Å²) in [5.74, 6) is -0.0542. The molecule has 0 radical (unpaired) electrons. The van der Waals surface area contributed by atoms with Gasteiger partial charge in [-0.15, -0.1) is 0 Å². The van der Waals surface area contributed by atoms with Crippen molar-refractivity contribution in [2.75, 3.05) is 6.54 Å². The SMILES string of the molecule is CCN(Cc1cccc(C)n1)C(=N)N=C(N)N. The van der Waals surface area contributed by atoms with Gasteiger partial charge in [-0.25, -0.2) is 0 Å². The minimum absolute atomic E-state index is 0.0517. The van der Waals surface area contributed by atoms with E-state index in [1.807, 2.05) is 32.0 Å². The first kappa shape index (κ1) is 13.0. The van der Waals surface area contributed by atoms with E-state index in [0.717, 1.165) is 11.4 Å². The van der Waals surface area contributed by atoms with Gasteiger partial charge in [-0.3, -0.25) is 10.4 Å². The summed E-state index contributed by atoms with van der Waals surface area (Å²) in [6, 6.07) is 5.79. The number of aryl methyl sites for hydroxylation is 1. The molecule has 0 aliphatic heterocycles. The molecule has 0 saturated carbocycles. The van der Waals surface area contributed by atoms with Gasteiger partial charge in [0.05, 0.1) is 12.2 Å². The van der Waals surface area contributed by atoms with Crippen molar-refractivity contribution in [3.63, 3.8) is 0 Å². The zero-order valence-electron chi connectivity index (χ0n) is 10.1. The molecule has 0 unspecified atom stereocenters. The summed E-state index contributed by atoms with van der Waals surface area (Å²) in [6.45, 7) is 5.03. The van der Waals surface area contributed by atoms with Gasteiger partial charge in [-0.2, -0.15) is 4.99 Å². The first-order valence-corrected chi connectivity index (χ1v) is 5.38. The number of aromatic nitrogens is 1. The van der Waals surface area contributed by atoms with Crippen LogP contribution in [-0.2, 0) is 6.54 Å². The molecule has 1 aromatic rings. The Morgan fingerprint density at radius 3 is 2.71 bits per heavy atom. The van der Waals surface area contributed by atoms with Crippen LogP contribution < -0.4 is 11.5 Å². The van der Waals surface area contributed by atoms with E-state index in [9.17, 15) is 0 Å². The van der Waals surface area contributed by atoms with Crippen LogP contribution in [0.25, 0.3) is 0 Å². The number of nitrogens with two attached hydrogens (primary N) is 2. The lowest BCUT2D eigenvalue weighted by Gasteiger charge is -2.20. The van der Waals surface area contributed by atoms with Crippen molar-refractivity contribution in [1.29, 1.82) is 5.41 Å². The van der Waals surface area contributed by atoms with Gasteiger partial charge < -0.3 is 16.4 Å². The average molecular weight is 234 g/mol. The van der Waals surface area contributed by atoms with Gasteiger partial charge in [0.1, 0.15) is 0 Å². The molecule has 1 heterocycles. The Kier molecular flexibility index (Phi) is 4.45. The molecule has 0 bridgehead atoms. The molecule has 0 aromatic carbocycles. The maximum absolute atomic E-state index is 7.73. The zero-order valence-corrected chi connectivity index (χ0v) is 10.1. The van der Waals surface area contributed by atoms with Crippen LogP contribution in [0.2, 0.25) is 0 Å². The Morgan fingerprint density at radius 1 is 1.47 bits per heavy atom. The average Bonchev–Trinajstić information content (AvgIpc) is 2.24. The van der Waals surface area contributed by atoms with Crippen molar-refractivity contribution in [3.05, 3.63) is 29.6 Å². The highest BCUT2D eigenvalue weighted by atomic mass is 15.3. The predicted octanol–water partition coefficient (Wildman–Crippen LogP) is 0.420. The number of guanidine groups is 2. The molecule has 6 nitrogen and oxygen atoms in total. The molecule has 92 valence electrons. The Morgan fingerprint density at radius 2 is 2.18 bits per heavy atom. The topological polar surface area (TPSA) is 104 Å². The second-order valence-electron chi connectivity index (χ2n) is 3.64. The molecule has 5 N–H and O–H groups in total. The van der Waals surface area contributed by atoms with E-state index in [1.165, 1.54) is 0 Å². The zero-order chi connectivity index (χ0) is 12.8. The summed E-state index contributed by atoms with van der Waals surface area (Å²) < 4.78 is 0. The number of rotatable bonds is 3. The fourth-order valence-corrected chi connectivity index (χ4v) is 1.41. The molecule has 0 aliphatic rings. The van der Waals surface area contributed by atoms with Crippen molar-refractivity contribution >= 4 is 11.9 Å². The van der Waals surface area contributed by atoms with Crippen molar-refractivity contribution in [2.45, 2.75) is 20.4 Å². The number of nitrogens with zero attached hydrogens (tertiary/aromatic N) is 3. The third kappa shape index (κ3) is 4.10. The molecule has 0 amide bonds. The van der Waals surface area contributed by atoms with Crippen molar-refractivity contribution < 1.29 is 0 Å². The molecule has 0 spiro atoms. The molecular weight excluding hydrogens is 216 g/mol. The highest BCUT2D eigenvalue weighted by Crippen LogP contribution is 2.04. The molecule has 6 heteroatoms. The van der Waals surface area contributed by atoms with Gasteiger partial charge in [0.15, 0.2) is 5.96 Å². The van der Waals surface area contributed by atoms with E-state index < -0.39 is 0 Å². The Labute approximate surface area is 101 Å². The highest BCUT2D eigenvalue weighted by molar-refractivity contribution is 5.91. The van der Waals surface area contributed by atoms with E-state index in [2.05, 4.69) is 9.98 Å². The minimum atomic E-state index is -0.106. The summed E-state index contributed by atoms with van der Waals surface area (Å²) in [5, 5.41) is 7.73. The number of nitrogens with one attached hydrogen (secondary N) is 1. The van der Waals surface area contributed by atoms with Crippen molar-refractivity contribution in [1.82, 2.24) is 9.88 Å². The summed E-state index contributed by atoms with van der Waals surface area (Å²) in [6.07, 6.45) is 0. The number of aliphatic imine (C=N–C) groups is 1. The number of hydrogen-bond donors (Lipinski definition) is 3. The van der Waals surface area contributed by atoms with Crippen LogP contribution in [-0.4, -0.2) is 28.3 Å². The smallest absolute Gasteiger partial charge is 0.221 e. The van der Waals surface area contributed by atoms with E-state index in [0.29, 0.717) is 13.1 Å². The maximum atomic E-state index is 7.73. The lowest BCUT2D eigenvalue weighted by Crippen LogP contribution is -2.33. The van der Waals surface area contributed by atoms with Crippen LogP contribution in [0.4, 0.5) is 0 Å². The third-order valence-electron chi connectivity index (χ3n) is 2.22. The lowest BCUT2D eigenvalue weighted by atomic mass is 10.3. The Bertz CT molecular complexity index is 422. The minimum Gasteiger partial charge on any atom is -0.370 e. The molecule has 17 heavy (non-hydrogen) atoms. The van der Waals surface area contributed by atoms with Gasteiger partial charge in [0, 0.05) is 12.2 Å². The molecule has 1 aromatic heterocycles. The van der Waals surface area contributed by atoms with E-state index in [1.54, 1.807) is 4.90 Å². The quantitative estimate of drug-likeness (QED) is 0.520. The summed E-state index contributed by atoms with van der Waals surface area (Å²) in [7, 11) is 0. The second-order valence-corrected chi connectivity index (χ2v) is 3.64. The lowest BCUT2D eigenvalue weighted by molar-refractivity contribution is 0.421. The summed E-state index contributed by atoms with van der Waals surface area (Å²) in [5.41, 5.74) is 12.3. The molecule has 0 saturated heterocycles. The largest absolute Gasteiger partial charge is 0.370 e. The highest BCUT2D eigenvalue weighted by Gasteiger charge is 2.08. The summed E-state index contributed by atoms with van der Waals surface area (Å²) in [4.78, 5) is 9.83. The van der Waals surface area contributed by atoms with Crippen LogP contribution in [0.15, 0.2) is 23.2 Å². The van der Waals surface area contributed by atoms with E-state index in [-0.39, 0.29) is 11.9 Å². The number of hydrogen-bond acceptors (Lipinski definition) is 2. The number of pyridine rings is 1. The summed E-state index contributed by atoms with van der Waals surface area (Å²) >= 11 is 0. The maximum Gasteiger partial charge on any atom is 0.221 e. The third-order valence-corrected chi connectivity index (χ3v) is 2.22. The Balaban J connectivity index is 2.77. The van der Waals surface area contributed by atoms with Crippen molar-refractivity contribution in [2.24, 2.45) is 16.5 Å². The predicted molar refractivity (Wildman–Crippen MR) is 68.6 cm³/mol. The standard InChI is InChI=1S/C11H18N6/c1-3-17(11(14)16-10(12)13)7-9-6-4-5-8(2)15-9/h4-6H,3,7H2,1-2H3,(H5,12,13,14,16). The van der Waals surface area contributed by atoms with Crippen LogP contribution in [0, 0.1) is 12.3 Å². The molecule has 0 atom stereocenters. The van der Waals surface area contributed by atoms with Gasteiger partial charge in [-0.05, 0) is 26.0 Å². The van der Waals surface area contributed by atoms with Crippen LogP contribution in [0.1, 0.15) is 18.3 Å². The van der Waals surface area contributed by atoms with Crippen molar-refractivity contribution in [3.8, 4) is 0 Å². The normalized spacial score (nSPS) is 9.76. The van der Waals surface area contributed by atoms with E-state index >= 15 is 0 Å². The Hall–Kier alpha value is -2.11. The second kappa shape index (κ2) is 5.83. The monoisotopic (exact) mass is 234 g/mol. The molecule has 0 aliphatic carbocycles. The van der Waals surface area contributed by atoms with Gasteiger partial charge in [0.25, 0.3) is 0 Å². The van der Waals surface area contributed by atoms with Crippen LogP contribution >= 0.6 is 0 Å². The fourth-order valence-electron chi connectivity index (χ4n) is 1.41. The van der Waals surface area contributed by atoms with Crippen LogP contribution in [0.5, 0.6) is 0 Å². The first-order valence-electron chi connectivity index (χ1n) is 5.38. The van der Waals surface area contributed by atoms with Crippen LogP contribution in [0.3, 0.4) is 0 Å². The fraction of sp³-hybridized carbons (Fsp3) is 0.364. The van der Waals surface area contributed by atoms with Gasteiger partial charge >= 0.3 is 0 Å². The molecular formula is C11H18N6. The van der Waals surface area contributed by atoms with Gasteiger partial charge in [-0.1, -0.05) is 6.07 Å². The molecule has 1 rings (SSSR count). The van der Waals surface area contributed by atoms with E-state index in [4.69, 9.17) is 16.9 Å². The van der Waals surface area contributed by atoms with Gasteiger partial charge in [0.2, 0.25) is 5.96 Å².